The Bertz CT molecular complexity index is 1540. The van der Waals surface area contributed by atoms with Gasteiger partial charge in [-0.25, -0.2) is 9.97 Å². The lowest BCUT2D eigenvalue weighted by Crippen LogP contribution is -2.37. The number of likely N-dealkylation sites (tertiary alicyclic amines) is 1. The van der Waals surface area contributed by atoms with Crippen LogP contribution in [0.1, 0.15) is 65.2 Å². The van der Waals surface area contributed by atoms with Crippen molar-refractivity contribution in [2.45, 2.75) is 44.4 Å². The molecule has 1 aromatic heterocycles. The molecule has 0 spiro atoms. The average molecular weight is 534 g/mol. The molecular weight excluding hydrogens is 502 g/mol. The second-order valence-corrected chi connectivity index (χ2v) is 10.1. The molecule has 1 aliphatic heterocycles. The molecule has 0 bridgehead atoms. The van der Waals surface area contributed by atoms with Gasteiger partial charge in [-0.3, -0.25) is 9.59 Å². The molecule has 40 heavy (non-hydrogen) atoms. The summed E-state index contributed by atoms with van der Waals surface area (Å²) < 4.78 is 0. The minimum Gasteiger partial charge on any atom is -0.373 e. The predicted molar refractivity (Wildman–Crippen MR) is 152 cm³/mol. The highest BCUT2D eigenvalue weighted by molar-refractivity contribution is 5.97. The SMILES string of the molecule is N#Cc1ccc(-c2nc3ccc(C(=O)N4CCC(c5ccccc5)CC4)cc3nc2CCCCC(=O)ON)cc1. The van der Waals surface area contributed by atoms with Crippen LogP contribution in [-0.2, 0) is 16.1 Å². The number of nitrogens with zero attached hydrogens (tertiary/aromatic N) is 4. The van der Waals surface area contributed by atoms with Gasteiger partial charge in [-0.05, 0) is 73.9 Å². The smallest absolute Gasteiger partial charge is 0.324 e. The van der Waals surface area contributed by atoms with Gasteiger partial charge < -0.3 is 9.74 Å². The van der Waals surface area contributed by atoms with Gasteiger partial charge in [-0.1, -0.05) is 42.5 Å². The van der Waals surface area contributed by atoms with Crippen LogP contribution in [0.2, 0.25) is 0 Å². The first-order valence-electron chi connectivity index (χ1n) is 13.6. The van der Waals surface area contributed by atoms with Crippen LogP contribution in [0.3, 0.4) is 0 Å². The van der Waals surface area contributed by atoms with Crippen molar-refractivity contribution in [3.63, 3.8) is 0 Å². The molecular formula is C32H31N5O3. The highest BCUT2D eigenvalue weighted by Crippen LogP contribution is 2.30. The molecule has 3 aromatic carbocycles. The number of amides is 1. The van der Waals surface area contributed by atoms with E-state index in [2.05, 4.69) is 35.2 Å². The third kappa shape index (κ3) is 6.16. The maximum absolute atomic E-state index is 13.4. The number of hydrogen-bond donors (Lipinski definition) is 1. The lowest BCUT2D eigenvalue weighted by atomic mass is 9.89. The van der Waals surface area contributed by atoms with Crippen molar-refractivity contribution >= 4 is 22.9 Å². The number of nitriles is 1. The summed E-state index contributed by atoms with van der Waals surface area (Å²) in [5, 5.41) is 9.18. The van der Waals surface area contributed by atoms with E-state index in [1.54, 1.807) is 12.1 Å². The lowest BCUT2D eigenvalue weighted by Gasteiger charge is -2.32. The summed E-state index contributed by atoms with van der Waals surface area (Å²) in [4.78, 5) is 40.9. The molecule has 4 aromatic rings. The fourth-order valence-electron chi connectivity index (χ4n) is 5.28. The zero-order chi connectivity index (χ0) is 27.9. The van der Waals surface area contributed by atoms with E-state index in [0.29, 0.717) is 47.3 Å². The molecule has 8 heteroatoms. The number of unbranched alkanes of at least 4 members (excludes halogenated alkanes) is 1. The van der Waals surface area contributed by atoms with Crippen LogP contribution in [0.5, 0.6) is 0 Å². The van der Waals surface area contributed by atoms with Crippen molar-refractivity contribution in [1.82, 2.24) is 14.9 Å². The number of carbonyl (C=O) groups is 2. The van der Waals surface area contributed by atoms with Crippen LogP contribution < -0.4 is 5.90 Å². The Labute approximate surface area is 233 Å². The van der Waals surface area contributed by atoms with Crippen molar-refractivity contribution in [1.29, 1.82) is 5.26 Å². The summed E-state index contributed by atoms with van der Waals surface area (Å²) in [6.07, 6.45) is 3.98. The molecule has 0 aliphatic carbocycles. The zero-order valence-corrected chi connectivity index (χ0v) is 22.3. The molecule has 2 N–H and O–H groups in total. The van der Waals surface area contributed by atoms with Gasteiger partial charge in [0.15, 0.2) is 0 Å². The Morgan fingerprint density at radius 1 is 0.950 bits per heavy atom. The minimum atomic E-state index is -0.451. The number of benzene rings is 3. The average Bonchev–Trinajstić information content (AvgIpc) is 3.02. The molecule has 0 saturated carbocycles. The Morgan fingerprint density at radius 3 is 2.40 bits per heavy atom. The standard InChI is InChI=1S/C32H31N5O3/c33-21-22-10-12-25(13-11-22)31-28(8-4-5-9-30(38)40-34)35-29-20-26(14-15-27(29)36-31)32(39)37-18-16-24(17-19-37)23-6-2-1-3-7-23/h1-3,6-7,10-15,20,24H,4-5,8-9,16-19,34H2. The number of aromatic nitrogens is 2. The number of piperidine rings is 1. The fourth-order valence-corrected chi connectivity index (χ4v) is 5.28. The van der Waals surface area contributed by atoms with Crippen molar-refractivity contribution in [3.05, 3.63) is 95.2 Å². The van der Waals surface area contributed by atoms with Crippen molar-refractivity contribution in [2.24, 2.45) is 5.90 Å². The topological polar surface area (TPSA) is 122 Å². The summed E-state index contributed by atoms with van der Waals surface area (Å²) in [5.41, 5.74) is 6.19. The molecule has 1 fully saturated rings. The second kappa shape index (κ2) is 12.5. The van der Waals surface area contributed by atoms with Crippen LogP contribution >= 0.6 is 0 Å². The number of carbonyl (C=O) groups excluding carboxylic acids is 2. The van der Waals surface area contributed by atoms with Crippen LogP contribution in [-0.4, -0.2) is 39.8 Å². The summed E-state index contributed by atoms with van der Waals surface area (Å²) >= 11 is 0. The first kappa shape index (κ1) is 27.0. The van der Waals surface area contributed by atoms with E-state index in [1.165, 1.54) is 5.56 Å². The highest BCUT2D eigenvalue weighted by atomic mass is 16.7. The largest absolute Gasteiger partial charge is 0.373 e. The van der Waals surface area contributed by atoms with Gasteiger partial charge in [0, 0.05) is 30.6 Å². The Kier molecular flexibility index (Phi) is 8.43. The van der Waals surface area contributed by atoms with Gasteiger partial charge in [-0.2, -0.15) is 11.2 Å². The monoisotopic (exact) mass is 533 g/mol. The van der Waals surface area contributed by atoms with Crippen LogP contribution in [0.15, 0.2) is 72.8 Å². The number of hydrogen-bond acceptors (Lipinski definition) is 7. The Balaban J connectivity index is 1.37. The molecule has 0 radical (unpaired) electrons. The number of fused-ring (bicyclic) bond motifs is 1. The molecule has 5 rings (SSSR count). The predicted octanol–water partition coefficient (Wildman–Crippen LogP) is 5.32. The molecule has 2 heterocycles. The van der Waals surface area contributed by atoms with E-state index in [-0.39, 0.29) is 12.3 Å². The van der Waals surface area contributed by atoms with Gasteiger partial charge >= 0.3 is 5.97 Å². The van der Waals surface area contributed by atoms with Gasteiger partial charge in [0.1, 0.15) is 0 Å². The van der Waals surface area contributed by atoms with Crippen molar-refractivity contribution in [3.8, 4) is 17.3 Å². The van der Waals surface area contributed by atoms with Crippen LogP contribution in [0.4, 0.5) is 0 Å². The molecule has 0 unspecified atom stereocenters. The third-order valence-corrected chi connectivity index (χ3v) is 7.50. The summed E-state index contributed by atoms with van der Waals surface area (Å²) in [6.45, 7) is 1.44. The zero-order valence-electron chi connectivity index (χ0n) is 22.3. The quantitative estimate of drug-likeness (QED) is 0.240. The second-order valence-electron chi connectivity index (χ2n) is 10.1. The Hall–Kier alpha value is -4.61. The van der Waals surface area contributed by atoms with Crippen LogP contribution in [0, 0.1) is 11.3 Å². The summed E-state index contributed by atoms with van der Waals surface area (Å²) in [6, 6.07) is 25.4. The first-order chi connectivity index (χ1) is 19.6. The molecule has 1 saturated heterocycles. The van der Waals surface area contributed by atoms with E-state index >= 15 is 0 Å². The number of nitrogens with two attached hydrogens (primary N) is 1. The fraction of sp³-hybridized carbons (Fsp3) is 0.281. The van der Waals surface area contributed by atoms with Gasteiger partial charge in [0.05, 0.1) is 34.1 Å². The van der Waals surface area contributed by atoms with E-state index in [9.17, 15) is 14.9 Å². The molecule has 202 valence electrons. The van der Waals surface area contributed by atoms with E-state index in [1.807, 2.05) is 41.3 Å². The molecule has 1 amide bonds. The molecule has 1 aliphatic rings. The minimum absolute atomic E-state index is 0.00762. The number of aryl methyl sites for hydroxylation is 1. The maximum Gasteiger partial charge on any atom is 0.324 e. The normalized spacial score (nSPS) is 13.7. The van der Waals surface area contributed by atoms with E-state index in [4.69, 9.17) is 15.9 Å². The van der Waals surface area contributed by atoms with Gasteiger partial charge in [0.25, 0.3) is 5.91 Å². The van der Waals surface area contributed by atoms with Crippen molar-refractivity contribution in [2.75, 3.05) is 13.1 Å². The van der Waals surface area contributed by atoms with Gasteiger partial charge in [0.2, 0.25) is 0 Å². The van der Waals surface area contributed by atoms with E-state index < -0.39 is 5.97 Å². The van der Waals surface area contributed by atoms with E-state index in [0.717, 1.165) is 42.9 Å². The summed E-state index contributed by atoms with van der Waals surface area (Å²) in [5.74, 6) is 4.98. The summed E-state index contributed by atoms with van der Waals surface area (Å²) in [7, 11) is 0. The lowest BCUT2D eigenvalue weighted by molar-refractivity contribution is -0.144. The number of rotatable bonds is 8. The Morgan fingerprint density at radius 2 is 1.70 bits per heavy atom. The molecule has 0 atom stereocenters. The first-order valence-corrected chi connectivity index (χ1v) is 13.6. The maximum atomic E-state index is 13.4. The van der Waals surface area contributed by atoms with Crippen molar-refractivity contribution < 1.29 is 14.4 Å². The van der Waals surface area contributed by atoms with Crippen LogP contribution in [0.25, 0.3) is 22.3 Å². The highest BCUT2D eigenvalue weighted by Gasteiger charge is 2.25. The van der Waals surface area contributed by atoms with Gasteiger partial charge in [-0.15, -0.1) is 0 Å². The molecule has 8 nitrogen and oxygen atoms in total. The third-order valence-electron chi connectivity index (χ3n) is 7.50.